The van der Waals surface area contributed by atoms with E-state index in [1.807, 2.05) is 24.3 Å². The molecular weight excluding hydrogens is 234 g/mol. The van der Waals surface area contributed by atoms with Gasteiger partial charge < -0.3 is 10.2 Å². The van der Waals surface area contributed by atoms with Gasteiger partial charge >= 0.3 is 0 Å². The molecule has 2 aromatic carbocycles. The molecule has 1 aliphatic rings. The molecule has 1 N–H and O–H groups in total. The Balaban J connectivity index is 1.68. The molecule has 3 rings (SSSR count). The van der Waals surface area contributed by atoms with Gasteiger partial charge in [0.15, 0.2) is 5.96 Å². The van der Waals surface area contributed by atoms with Gasteiger partial charge in [-0.1, -0.05) is 48.5 Å². The Morgan fingerprint density at radius 2 is 1.63 bits per heavy atom. The molecule has 0 radical (unpaired) electrons. The summed E-state index contributed by atoms with van der Waals surface area (Å²) in [4.78, 5) is 6.82. The lowest BCUT2D eigenvalue weighted by Crippen LogP contribution is -2.32. The van der Waals surface area contributed by atoms with Gasteiger partial charge in [-0.05, 0) is 17.7 Å². The molecule has 3 heteroatoms. The van der Waals surface area contributed by atoms with Crippen molar-refractivity contribution in [3.63, 3.8) is 0 Å². The Bertz CT molecular complexity index is 549. The smallest absolute Gasteiger partial charge is 0.198 e. The van der Waals surface area contributed by atoms with Crippen LogP contribution in [0.25, 0.3) is 0 Å². The summed E-state index contributed by atoms with van der Waals surface area (Å²) in [6, 6.07) is 20.7. The van der Waals surface area contributed by atoms with Gasteiger partial charge in [0.05, 0.1) is 6.54 Å². The molecule has 3 nitrogen and oxygen atoms in total. The van der Waals surface area contributed by atoms with Crippen LogP contribution in [-0.4, -0.2) is 23.9 Å². The van der Waals surface area contributed by atoms with Crippen molar-refractivity contribution in [2.75, 3.05) is 18.4 Å². The first-order valence-electron chi connectivity index (χ1n) is 6.57. The maximum atomic E-state index is 4.54. The molecule has 0 spiro atoms. The summed E-state index contributed by atoms with van der Waals surface area (Å²) in [7, 11) is 0. The Kier molecular flexibility index (Phi) is 3.45. The highest BCUT2D eigenvalue weighted by molar-refractivity contribution is 5.94. The van der Waals surface area contributed by atoms with Crippen LogP contribution in [0.2, 0.25) is 0 Å². The fourth-order valence-corrected chi connectivity index (χ4v) is 2.21. The third-order valence-corrected chi connectivity index (χ3v) is 3.18. The van der Waals surface area contributed by atoms with Gasteiger partial charge in [-0.15, -0.1) is 0 Å². The van der Waals surface area contributed by atoms with Crippen LogP contribution in [0.4, 0.5) is 5.69 Å². The SMILES string of the molecule is c1ccc(CN2CCN=C2Nc2ccccc2)cc1. The monoisotopic (exact) mass is 251 g/mol. The topological polar surface area (TPSA) is 27.6 Å². The molecule has 1 heterocycles. The number of aliphatic imine (C=N–C) groups is 1. The zero-order valence-electron chi connectivity index (χ0n) is 10.8. The fraction of sp³-hybridized carbons (Fsp3) is 0.188. The zero-order valence-corrected chi connectivity index (χ0v) is 10.8. The fourth-order valence-electron chi connectivity index (χ4n) is 2.21. The number of hydrogen-bond acceptors (Lipinski definition) is 3. The van der Waals surface area contributed by atoms with E-state index >= 15 is 0 Å². The molecule has 0 aromatic heterocycles. The van der Waals surface area contributed by atoms with E-state index in [1.54, 1.807) is 0 Å². The Morgan fingerprint density at radius 3 is 2.37 bits per heavy atom. The number of nitrogens with one attached hydrogen (secondary N) is 1. The van der Waals surface area contributed by atoms with E-state index in [-0.39, 0.29) is 0 Å². The maximum Gasteiger partial charge on any atom is 0.198 e. The lowest BCUT2D eigenvalue weighted by molar-refractivity contribution is 0.451. The van der Waals surface area contributed by atoms with Crippen molar-refractivity contribution in [1.29, 1.82) is 0 Å². The van der Waals surface area contributed by atoms with Crippen LogP contribution in [0, 0.1) is 0 Å². The van der Waals surface area contributed by atoms with Crippen LogP contribution < -0.4 is 5.32 Å². The first-order chi connectivity index (χ1) is 9.42. The van der Waals surface area contributed by atoms with Crippen LogP contribution in [0.1, 0.15) is 5.56 Å². The minimum Gasteiger partial charge on any atom is -0.337 e. The van der Waals surface area contributed by atoms with Gasteiger partial charge in [-0.3, -0.25) is 4.99 Å². The second-order valence-corrected chi connectivity index (χ2v) is 4.60. The lowest BCUT2D eigenvalue weighted by atomic mass is 10.2. The van der Waals surface area contributed by atoms with Crippen LogP contribution in [0.5, 0.6) is 0 Å². The molecule has 96 valence electrons. The molecule has 0 amide bonds. The summed E-state index contributed by atoms with van der Waals surface area (Å²) in [5, 5.41) is 3.39. The number of anilines is 1. The molecule has 0 aliphatic carbocycles. The van der Waals surface area contributed by atoms with E-state index in [2.05, 4.69) is 51.6 Å². The van der Waals surface area contributed by atoms with Gasteiger partial charge in [0.25, 0.3) is 0 Å². The number of benzene rings is 2. The molecule has 1 aliphatic heterocycles. The van der Waals surface area contributed by atoms with Gasteiger partial charge in [0, 0.05) is 18.8 Å². The van der Waals surface area contributed by atoms with Crippen LogP contribution in [0.15, 0.2) is 65.7 Å². The van der Waals surface area contributed by atoms with Gasteiger partial charge in [0.2, 0.25) is 0 Å². The summed E-state index contributed by atoms with van der Waals surface area (Å²) < 4.78 is 0. The molecular formula is C16H17N3. The minimum absolute atomic E-state index is 0.863. The number of hydrogen-bond donors (Lipinski definition) is 1. The van der Waals surface area contributed by atoms with Crippen LogP contribution in [0.3, 0.4) is 0 Å². The van der Waals surface area contributed by atoms with Gasteiger partial charge in [-0.2, -0.15) is 0 Å². The van der Waals surface area contributed by atoms with Crippen molar-refractivity contribution in [2.24, 2.45) is 4.99 Å². The molecule has 0 atom stereocenters. The van der Waals surface area contributed by atoms with E-state index in [9.17, 15) is 0 Å². The zero-order chi connectivity index (χ0) is 12.9. The van der Waals surface area contributed by atoms with Crippen molar-refractivity contribution in [2.45, 2.75) is 6.54 Å². The number of para-hydroxylation sites is 1. The predicted molar refractivity (Wildman–Crippen MR) is 79.2 cm³/mol. The minimum atomic E-state index is 0.863. The van der Waals surface area contributed by atoms with Crippen molar-refractivity contribution in [3.8, 4) is 0 Å². The number of nitrogens with zero attached hydrogens (tertiary/aromatic N) is 2. The van der Waals surface area contributed by atoms with Crippen molar-refractivity contribution < 1.29 is 0 Å². The van der Waals surface area contributed by atoms with E-state index < -0.39 is 0 Å². The summed E-state index contributed by atoms with van der Waals surface area (Å²) in [5.41, 5.74) is 2.40. The Morgan fingerprint density at radius 1 is 0.947 bits per heavy atom. The Hall–Kier alpha value is -2.29. The second kappa shape index (κ2) is 5.57. The first-order valence-corrected chi connectivity index (χ1v) is 6.57. The van der Waals surface area contributed by atoms with Crippen molar-refractivity contribution >= 4 is 11.6 Å². The summed E-state index contributed by atoms with van der Waals surface area (Å²) in [6.07, 6.45) is 0. The third kappa shape index (κ3) is 2.94. The highest BCUT2D eigenvalue weighted by Crippen LogP contribution is 2.12. The Labute approximate surface area is 113 Å². The lowest BCUT2D eigenvalue weighted by Gasteiger charge is -2.21. The average molecular weight is 251 g/mol. The highest BCUT2D eigenvalue weighted by atomic mass is 15.3. The van der Waals surface area contributed by atoms with E-state index in [4.69, 9.17) is 0 Å². The quantitative estimate of drug-likeness (QED) is 0.908. The normalized spacial score (nSPS) is 14.3. The number of guanidine groups is 1. The van der Waals surface area contributed by atoms with E-state index in [0.717, 1.165) is 31.3 Å². The maximum absolute atomic E-state index is 4.54. The summed E-state index contributed by atoms with van der Waals surface area (Å²) >= 11 is 0. The molecule has 0 unspecified atom stereocenters. The standard InChI is InChI=1S/C16H17N3/c1-3-7-14(8-4-1)13-19-12-11-17-16(19)18-15-9-5-2-6-10-15/h1-10H,11-13H2,(H,17,18). The molecule has 0 fully saturated rings. The van der Waals surface area contributed by atoms with Crippen molar-refractivity contribution in [1.82, 2.24) is 4.90 Å². The predicted octanol–water partition coefficient (Wildman–Crippen LogP) is 2.97. The number of rotatable bonds is 3. The second-order valence-electron chi connectivity index (χ2n) is 4.60. The summed E-state index contributed by atoms with van der Waals surface area (Å²) in [5.74, 6) is 0.968. The summed E-state index contributed by atoms with van der Waals surface area (Å²) in [6.45, 7) is 2.74. The molecule has 0 saturated carbocycles. The average Bonchev–Trinajstić information content (AvgIpc) is 2.88. The van der Waals surface area contributed by atoms with Crippen LogP contribution >= 0.6 is 0 Å². The molecule has 0 saturated heterocycles. The van der Waals surface area contributed by atoms with Gasteiger partial charge in [-0.25, -0.2) is 0 Å². The van der Waals surface area contributed by atoms with Gasteiger partial charge in [0.1, 0.15) is 0 Å². The first kappa shape index (κ1) is 11.8. The highest BCUT2D eigenvalue weighted by Gasteiger charge is 2.16. The molecule has 2 aromatic rings. The van der Waals surface area contributed by atoms with Crippen LogP contribution in [-0.2, 0) is 6.54 Å². The third-order valence-electron chi connectivity index (χ3n) is 3.18. The van der Waals surface area contributed by atoms with E-state index in [1.165, 1.54) is 5.56 Å². The van der Waals surface area contributed by atoms with E-state index in [0.29, 0.717) is 0 Å². The molecule has 0 bridgehead atoms. The molecule has 19 heavy (non-hydrogen) atoms. The largest absolute Gasteiger partial charge is 0.337 e. The van der Waals surface area contributed by atoms with Crippen molar-refractivity contribution in [3.05, 3.63) is 66.2 Å².